The summed E-state index contributed by atoms with van der Waals surface area (Å²) in [5.41, 5.74) is 5.92. The summed E-state index contributed by atoms with van der Waals surface area (Å²) in [6.07, 6.45) is 1.57. The Hall–Kier alpha value is -0.660. The van der Waals surface area contributed by atoms with E-state index >= 15 is 0 Å². The Morgan fingerprint density at radius 3 is 2.30 bits per heavy atom. The largest absolute Gasteiger partial charge is 0.395 e. The van der Waals surface area contributed by atoms with E-state index in [1.165, 1.54) is 0 Å². The summed E-state index contributed by atoms with van der Waals surface area (Å²) in [5.74, 6) is 0. The van der Waals surface area contributed by atoms with Gasteiger partial charge in [-0.15, -0.1) is 0 Å². The third kappa shape index (κ3) is 13.5. The Bertz CT molecular complexity index is 320. The van der Waals surface area contributed by atoms with Crippen LogP contribution in [0.1, 0.15) is 40.5 Å². The summed E-state index contributed by atoms with van der Waals surface area (Å²) >= 11 is 0. The van der Waals surface area contributed by atoms with Crippen molar-refractivity contribution in [2.75, 3.05) is 46.0 Å². The molecule has 0 heterocycles. The molecule has 0 rings (SSSR count). The minimum Gasteiger partial charge on any atom is -0.395 e. The second kappa shape index (κ2) is 11.8. The van der Waals surface area contributed by atoms with Gasteiger partial charge in [-0.3, -0.25) is 0 Å². The number of nitrogens with one attached hydrogen (secondary N) is 2. The topological polar surface area (TPSA) is 88.8 Å². The van der Waals surface area contributed by atoms with Crippen molar-refractivity contribution >= 4 is 0 Å². The lowest BCUT2D eigenvalue weighted by Crippen LogP contribution is -2.34. The molecule has 6 heteroatoms. The van der Waals surface area contributed by atoms with E-state index in [-0.39, 0.29) is 17.8 Å². The summed E-state index contributed by atoms with van der Waals surface area (Å²) in [6, 6.07) is 0. The average Bonchev–Trinajstić information content (AvgIpc) is 2.43. The van der Waals surface area contributed by atoms with Crippen molar-refractivity contribution in [2.24, 2.45) is 5.73 Å². The number of rotatable bonds is 15. The Labute approximate surface area is 141 Å². The first kappa shape index (κ1) is 22.3. The zero-order valence-corrected chi connectivity index (χ0v) is 15.4. The molecule has 6 nitrogen and oxygen atoms in total. The van der Waals surface area contributed by atoms with Crippen molar-refractivity contribution in [1.29, 1.82) is 0 Å². The molecule has 0 aliphatic rings. The maximum Gasteiger partial charge on any atom is 0.0680 e. The third-order valence-electron chi connectivity index (χ3n) is 3.42. The van der Waals surface area contributed by atoms with E-state index in [1.807, 2.05) is 0 Å². The quantitative estimate of drug-likeness (QED) is 0.335. The van der Waals surface area contributed by atoms with Gasteiger partial charge in [0, 0.05) is 38.3 Å². The van der Waals surface area contributed by atoms with E-state index < -0.39 is 0 Å². The molecule has 0 aliphatic carbocycles. The molecule has 0 spiro atoms. The van der Waals surface area contributed by atoms with Crippen molar-refractivity contribution in [3.63, 3.8) is 0 Å². The van der Waals surface area contributed by atoms with Crippen LogP contribution in [-0.4, -0.2) is 62.3 Å². The molecule has 0 fully saturated rings. The van der Waals surface area contributed by atoms with E-state index in [9.17, 15) is 0 Å². The number of hydrogen-bond acceptors (Lipinski definition) is 6. The molecular formula is C17H37N3O3. The number of nitrogens with two attached hydrogens (primary N) is 1. The summed E-state index contributed by atoms with van der Waals surface area (Å²) in [4.78, 5) is 0. The Morgan fingerprint density at radius 2 is 1.70 bits per heavy atom. The van der Waals surface area contributed by atoms with E-state index in [0.29, 0.717) is 26.3 Å². The highest BCUT2D eigenvalue weighted by Gasteiger charge is 2.23. The van der Waals surface area contributed by atoms with Gasteiger partial charge in [-0.05, 0) is 34.1 Å². The fourth-order valence-electron chi connectivity index (χ4n) is 2.13. The van der Waals surface area contributed by atoms with E-state index in [1.54, 1.807) is 0 Å². The van der Waals surface area contributed by atoms with Crippen LogP contribution in [0.2, 0.25) is 0 Å². The maximum absolute atomic E-state index is 8.69. The van der Waals surface area contributed by atoms with Crippen LogP contribution in [0.4, 0.5) is 0 Å². The van der Waals surface area contributed by atoms with Crippen molar-refractivity contribution in [1.82, 2.24) is 10.6 Å². The van der Waals surface area contributed by atoms with Crippen LogP contribution in [-0.2, 0) is 9.47 Å². The lowest BCUT2D eigenvalue weighted by molar-refractivity contribution is -0.0710. The van der Waals surface area contributed by atoms with Crippen LogP contribution in [0.15, 0.2) is 12.3 Å². The lowest BCUT2D eigenvalue weighted by Gasteiger charge is -2.30. The Balaban J connectivity index is 3.93. The molecule has 0 saturated carbocycles. The van der Waals surface area contributed by atoms with Gasteiger partial charge in [0.15, 0.2) is 0 Å². The van der Waals surface area contributed by atoms with Crippen molar-refractivity contribution in [3.05, 3.63) is 12.3 Å². The first-order valence-corrected chi connectivity index (χ1v) is 8.43. The number of aliphatic hydroxyl groups is 1. The van der Waals surface area contributed by atoms with Crippen LogP contribution in [0.5, 0.6) is 0 Å². The van der Waals surface area contributed by atoms with E-state index in [2.05, 4.69) is 44.9 Å². The summed E-state index contributed by atoms with van der Waals surface area (Å²) < 4.78 is 11.9. The first-order valence-electron chi connectivity index (χ1n) is 8.43. The normalized spacial score (nSPS) is 12.4. The summed E-state index contributed by atoms with van der Waals surface area (Å²) in [7, 11) is 0. The van der Waals surface area contributed by atoms with Gasteiger partial charge in [-0.2, -0.15) is 0 Å². The van der Waals surface area contributed by atoms with Crippen molar-refractivity contribution in [2.45, 2.75) is 51.7 Å². The highest BCUT2D eigenvalue weighted by atomic mass is 16.5. The monoisotopic (exact) mass is 331 g/mol. The molecule has 0 unspecified atom stereocenters. The zero-order chi connectivity index (χ0) is 17.8. The molecule has 23 heavy (non-hydrogen) atoms. The van der Waals surface area contributed by atoms with Crippen LogP contribution in [0.25, 0.3) is 0 Å². The van der Waals surface area contributed by atoms with Gasteiger partial charge in [-0.1, -0.05) is 6.58 Å². The molecule has 0 aromatic heterocycles. The first-order chi connectivity index (χ1) is 10.7. The van der Waals surface area contributed by atoms with Gasteiger partial charge in [0.1, 0.15) is 0 Å². The standard InChI is InChI=1S/C17H37N3O3/c1-15(20-8-7-18)14-17(4,5)22-12-6-16(2,3)23-13-10-19-9-11-21/h19-21H,1,6-14,18H2,2-5H3. The molecule has 5 N–H and O–H groups in total. The van der Waals surface area contributed by atoms with Gasteiger partial charge < -0.3 is 30.9 Å². The number of ether oxygens (including phenoxy) is 2. The fraction of sp³-hybridized carbons (Fsp3) is 0.882. The SMILES string of the molecule is C=C(CC(C)(C)OCCC(C)(C)OCCNCCO)NCCN. The molecule has 0 radical (unpaired) electrons. The van der Waals surface area contributed by atoms with Crippen LogP contribution >= 0.6 is 0 Å². The van der Waals surface area contributed by atoms with Crippen molar-refractivity contribution in [3.8, 4) is 0 Å². The third-order valence-corrected chi connectivity index (χ3v) is 3.42. The summed E-state index contributed by atoms with van der Waals surface area (Å²) in [6.45, 7) is 16.3. The zero-order valence-electron chi connectivity index (χ0n) is 15.4. The predicted molar refractivity (Wildman–Crippen MR) is 95.4 cm³/mol. The lowest BCUT2D eigenvalue weighted by atomic mass is 10.0. The van der Waals surface area contributed by atoms with Crippen LogP contribution in [0, 0.1) is 0 Å². The van der Waals surface area contributed by atoms with Gasteiger partial charge in [0.25, 0.3) is 0 Å². The van der Waals surface area contributed by atoms with Gasteiger partial charge in [-0.25, -0.2) is 0 Å². The molecule has 0 aromatic carbocycles. The number of hydrogen-bond donors (Lipinski definition) is 4. The van der Waals surface area contributed by atoms with Gasteiger partial charge >= 0.3 is 0 Å². The van der Waals surface area contributed by atoms with Gasteiger partial charge in [0.2, 0.25) is 0 Å². The molecule has 0 aliphatic heterocycles. The predicted octanol–water partition coefficient (Wildman–Crippen LogP) is 1.00. The highest BCUT2D eigenvalue weighted by molar-refractivity contribution is 4.97. The Morgan fingerprint density at radius 1 is 1.04 bits per heavy atom. The Kier molecular flexibility index (Phi) is 11.5. The second-order valence-electron chi connectivity index (χ2n) is 6.94. The molecule has 0 bridgehead atoms. The van der Waals surface area contributed by atoms with Gasteiger partial charge in [0.05, 0.1) is 31.0 Å². The maximum atomic E-state index is 8.69. The summed E-state index contributed by atoms with van der Waals surface area (Å²) in [5, 5.41) is 15.0. The molecule has 0 amide bonds. The highest BCUT2D eigenvalue weighted by Crippen LogP contribution is 2.21. The average molecular weight is 332 g/mol. The molecule has 0 aromatic rings. The smallest absolute Gasteiger partial charge is 0.0680 e. The van der Waals surface area contributed by atoms with Crippen LogP contribution < -0.4 is 16.4 Å². The van der Waals surface area contributed by atoms with E-state index in [4.69, 9.17) is 20.3 Å². The fourth-order valence-corrected chi connectivity index (χ4v) is 2.13. The minimum atomic E-state index is -0.266. The molecular weight excluding hydrogens is 294 g/mol. The minimum absolute atomic E-state index is 0.151. The van der Waals surface area contributed by atoms with E-state index in [0.717, 1.165) is 31.6 Å². The molecule has 0 saturated heterocycles. The number of aliphatic hydroxyl groups excluding tert-OH is 1. The molecule has 0 atom stereocenters. The second-order valence-corrected chi connectivity index (χ2v) is 6.94. The van der Waals surface area contributed by atoms with Crippen LogP contribution in [0.3, 0.4) is 0 Å². The molecule has 138 valence electrons. The van der Waals surface area contributed by atoms with Crippen molar-refractivity contribution < 1.29 is 14.6 Å².